The van der Waals surface area contributed by atoms with Crippen molar-refractivity contribution >= 4 is 29.3 Å². The minimum absolute atomic E-state index is 0.00801. The number of amides is 2. The predicted molar refractivity (Wildman–Crippen MR) is 171 cm³/mol. The molecule has 4 aromatic rings. The molecule has 1 fully saturated rings. The average molecular weight is 655 g/mol. The average Bonchev–Trinajstić information content (AvgIpc) is 3.50. The number of methoxy groups -OCH3 is 1. The van der Waals surface area contributed by atoms with Gasteiger partial charge in [-0.25, -0.2) is 9.78 Å². The van der Waals surface area contributed by atoms with E-state index in [9.17, 15) is 18.4 Å². The van der Waals surface area contributed by atoms with E-state index in [2.05, 4.69) is 5.10 Å². The van der Waals surface area contributed by atoms with Crippen molar-refractivity contribution in [2.24, 2.45) is 7.05 Å². The highest BCUT2D eigenvalue weighted by Crippen LogP contribution is 2.38. The van der Waals surface area contributed by atoms with Crippen LogP contribution in [0.25, 0.3) is 16.8 Å². The van der Waals surface area contributed by atoms with Crippen LogP contribution in [0.15, 0.2) is 30.3 Å². The number of alkyl halides is 2. The van der Waals surface area contributed by atoms with Gasteiger partial charge in [0.25, 0.3) is 0 Å². The van der Waals surface area contributed by atoms with Crippen LogP contribution < -0.4 is 19.3 Å². The van der Waals surface area contributed by atoms with Gasteiger partial charge in [0.1, 0.15) is 17.2 Å². The topological polar surface area (TPSA) is 120 Å². The Bertz CT molecular complexity index is 1790. The van der Waals surface area contributed by atoms with Crippen molar-refractivity contribution in [3.63, 3.8) is 0 Å². The second kappa shape index (κ2) is 13.0. The number of piperazine rings is 1. The van der Waals surface area contributed by atoms with Crippen molar-refractivity contribution in [3.8, 4) is 22.6 Å². The number of aromatic nitrogens is 5. The van der Waals surface area contributed by atoms with Crippen LogP contribution in [-0.4, -0.2) is 86.8 Å². The first-order chi connectivity index (χ1) is 22.1. The molecule has 0 N–H and O–H groups in total. The molecule has 5 rings (SSSR count). The first-order valence-corrected chi connectivity index (χ1v) is 15.2. The zero-order chi connectivity index (χ0) is 34.2. The number of fused-ring (bicyclic) bond motifs is 1. The summed E-state index contributed by atoms with van der Waals surface area (Å²) in [6.07, 6.45) is -0.608. The van der Waals surface area contributed by atoms with Crippen LogP contribution in [0.5, 0.6) is 11.5 Å². The van der Waals surface area contributed by atoms with Gasteiger partial charge in [0.15, 0.2) is 17.1 Å². The van der Waals surface area contributed by atoms with Gasteiger partial charge < -0.3 is 24.0 Å². The smallest absolute Gasteiger partial charge is 0.416 e. The SMILES string of the molecule is COc1ccc(-c2c(C)nn3c(N(Cc4cc(C)nn4C)C(=O)OC(C)(C)C)cc(N4CCN(C(C)=O)CC4)nc23)cc1OC(F)F. The number of rotatable bonds is 8. The van der Waals surface area contributed by atoms with Crippen molar-refractivity contribution in [2.45, 2.75) is 60.3 Å². The van der Waals surface area contributed by atoms with E-state index in [0.717, 1.165) is 11.4 Å². The van der Waals surface area contributed by atoms with Crippen LogP contribution in [0.4, 0.5) is 25.2 Å². The number of hydrogen-bond donors (Lipinski definition) is 0. The van der Waals surface area contributed by atoms with Crippen molar-refractivity contribution in [1.29, 1.82) is 0 Å². The number of benzene rings is 1. The van der Waals surface area contributed by atoms with E-state index in [4.69, 9.17) is 24.3 Å². The molecule has 1 aliphatic rings. The van der Waals surface area contributed by atoms with E-state index < -0.39 is 18.3 Å². The van der Waals surface area contributed by atoms with Gasteiger partial charge in [-0.3, -0.25) is 14.4 Å². The highest BCUT2D eigenvalue weighted by Gasteiger charge is 2.31. The number of aryl methyl sites for hydroxylation is 3. The second-order valence-corrected chi connectivity index (χ2v) is 12.4. The van der Waals surface area contributed by atoms with E-state index in [1.54, 1.807) is 74.0 Å². The number of carbonyl (C=O) groups is 2. The molecule has 252 valence electrons. The van der Waals surface area contributed by atoms with Gasteiger partial charge in [-0.2, -0.15) is 23.5 Å². The minimum atomic E-state index is -3.06. The number of nitrogens with zero attached hydrogens (tertiary/aromatic N) is 8. The Balaban J connectivity index is 1.73. The van der Waals surface area contributed by atoms with Crippen molar-refractivity contribution in [1.82, 2.24) is 29.3 Å². The Morgan fingerprint density at radius 3 is 2.30 bits per heavy atom. The fourth-order valence-corrected chi connectivity index (χ4v) is 5.59. The van der Waals surface area contributed by atoms with Gasteiger partial charge in [0.2, 0.25) is 5.91 Å². The zero-order valence-electron chi connectivity index (χ0n) is 27.9. The molecule has 15 heteroatoms. The molecule has 0 saturated carbocycles. The van der Waals surface area contributed by atoms with Crippen LogP contribution in [0.3, 0.4) is 0 Å². The van der Waals surface area contributed by atoms with E-state index in [-0.39, 0.29) is 24.0 Å². The number of anilines is 2. The van der Waals surface area contributed by atoms with Crippen LogP contribution in [0, 0.1) is 13.8 Å². The summed E-state index contributed by atoms with van der Waals surface area (Å²) in [4.78, 5) is 36.3. The molecule has 1 aliphatic heterocycles. The third-order valence-electron chi connectivity index (χ3n) is 7.76. The summed E-state index contributed by atoms with van der Waals surface area (Å²) < 4.78 is 45.8. The summed E-state index contributed by atoms with van der Waals surface area (Å²) in [6, 6.07) is 8.38. The third-order valence-corrected chi connectivity index (χ3v) is 7.76. The molecule has 0 spiro atoms. The Labute approximate surface area is 271 Å². The van der Waals surface area contributed by atoms with Gasteiger partial charge >= 0.3 is 12.7 Å². The van der Waals surface area contributed by atoms with Crippen LogP contribution in [0.2, 0.25) is 0 Å². The van der Waals surface area contributed by atoms with Gasteiger partial charge in [-0.1, -0.05) is 6.07 Å². The van der Waals surface area contributed by atoms with Gasteiger partial charge in [-0.15, -0.1) is 0 Å². The monoisotopic (exact) mass is 654 g/mol. The highest BCUT2D eigenvalue weighted by molar-refractivity contribution is 5.90. The normalized spacial score (nSPS) is 13.8. The molecule has 1 saturated heterocycles. The van der Waals surface area contributed by atoms with E-state index in [1.807, 2.05) is 17.9 Å². The maximum Gasteiger partial charge on any atom is 0.416 e. The number of hydrogen-bond acceptors (Lipinski definition) is 9. The summed E-state index contributed by atoms with van der Waals surface area (Å²) in [5, 5.41) is 9.26. The lowest BCUT2D eigenvalue weighted by atomic mass is 10.1. The van der Waals surface area contributed by atoms with E-state index >= 15 is 0 Å². The molecule has 3 aromatic heterocycles. The number of halogens is 2. The van der Waals surface area contributed by atoms with Crippen LogP contribution in [-0.2, 0) is 23.1 Å². The minimum Gasteiger partial charge on any atom is -0.493 e. The molecule has 4 heterocycles. The molecule has 0 bridgehead atoms. The summed E-state index contributed by atoms with van der Waals surface area (Å²) in [5.41, 5.74) is 2.72. The van der Waals surface area contributed by atoms with Crippen molar-refractivity contribution in [2.75, 3.05) is 43.1 Å². The Morgan fingerprint density at radius 1 is 1.02 bits per heavy atom. The van der Waals surface area contributed by atoms with Crippen molar-refractivity contribution in [3.05, 3.63) is 47.4 Å². The molecule has 2 amide bonds. The Morgan fingerprint density at radius 2 is 1.72 bits per heavy atom. The van der Waals surface area contributed by atoms with E-state index in [0.29, 0.717) is 60.3 Å². The van der Waals surface area contributed by atoms with Crippen molar-refractivity contribution < 1.29 is 32.6 Å². The maximum absolute atomic E-state index is 14.0. The van der Waals surface area contributed by atoms with Gasteiger partial charge in [0, 0.05) is 51.8 Å². The van der Waals surface area contributed by atoms with Gasteiger partial charge in [-0.05, 0) is 58.4 Å². The molecular weight excluding hydrogens is 614 g/mol. The summed E-state index contributed by atoms with van der Waals surface area (Å²) in [7, 11) is 3.17. The lowest BCUT2D eigenvalue weighted by Crippen LogP contribution is -2.48. The molecule has 0 unspecified atom stereocenters. The molecule has 47 heavy (non-hydrogen) atoms. The van der Waals surface area contributed by atoms with Crippen LogP contribution >= 0.6 is 0 Å². The molecular formula is C32H40F2N8O5. The molecule has 1 aromatic carbocycles. The second-order valence-electron chi connectivity index (χ2n) is 12.4. The summed E-state index contributed by atoms with van der Waals surface area (Å²) in [5.74, 6) is 0.912. The Hall–Kier alpha value is -4.95. The lowest BCUT2D eigenvalue weighted by Gasteiger charge is -2.35. The fourth-order valence-electron chi connectivity index (χ4n) is 5.59. The number of carbonyl (C=O) groups excluding carboxylic acids is 2. The molecule has 0 radical (unpaired) electrons. The third kappa shape index (κ3) is 7.23. The summed E-state index contributed by atoms with van der Waals surface area (Å²) in [6.45, 7) is 9.61. The first-order valence-electron chi connectivity index (χ1n) is 15.2. The molecule has 13 nitrogen and oxygen atoms in total. The maximum atomic E-state index is 14.0. The quantitative estimate of drug-likeness (QED) is 0.260. The molecule has 0 atom stereocenters. The Kier molecular flexibility index (Phi) is 9.27. The summed E-state index contributed by atoms with van der Waals surface area (Å²) >= 11 is 0. The predicted octanol–water partition coefficient (Wildman–Crippen LogP) is 4.97. The standard InChI is InChI=1S/C32H40F2N8O5/c1-19-15-23(38(7)36-19)18-41(31(44)47-32(4,5)6)27-17-26(40-13-11-39(12-14-40)21(3)43)35-29-28(20(2)37-42(27)29)22-9-10-24(45-8)25(16-22)46-30(33)34/h9-10,15-17,30H,11-14,18H2,1-8H3. The first kappa shape index (κ1) is 33.4. The molecule has 0 aliphatic carbocycles. The number of ether oxygens (including phenoxy) is 3. The highest BCUT2D eigenvalue weighted by atomic mass is 19.3. The van der Waals surface area contributed by atoms with Crippen LogP contribution in [0.1, 0.15) is 44.8 Å². The van der Waals surface area contributed by atoms with Gasteiger partial charge in [0.05, 0.1) is 30.7 Å². The zero-order valence-corrected chi connectivity index (χ0v) is 27.9. The largest absolute Gasteiger partial charge is 0.493 e. The van der Waals surface area contributed by atoms with E-state index in [1.165, 1.54) is 18.1 Å². The lowest BCUT2D eigenvalue weighted by molar-refractivity contribution is -0.129. The fraction of sp³-hybridized carbons (Fsp3) is 0.469.